The summed E-state index contributed by atoms with van der Waals surface area (Å²) in [4.78, 5) is 0. The summed E-state index contributed by atoms with van der Waals surface area (Å²) in [5.41, 5.74) is 13.1. The minimum absolute atomic E-state index is 1.16. The Morgan fingerprint density at radius 2 is 0.667 bits per heavy atom. The maximum absolute atomic E-state index is 2.46. The van der Waals surface area contributed by atoms with Gasteiger partial charge in [-0.25, -0.2) is 0 Å². The van der Waals surface area contributed by atoms with Crippen molar-refractivity contribution in [1.29, 1.82) is 0 Å². The number of nitrogens with zero attached hydrogens (tertiary/aromatic N) is 3. The van der Waals surface area contributed by atoms with Crippen molar-refractivity contribution >= 4 is 65.4 Å². The summed E-state index contributed by atoms with van der Waals surface area (Å²) in [6.45, 7) is 0. The minimum atomic E-state index is 1.16. The maximum Gasteiger partial charge on any atom is 0.0548 e. The van der Waals surface area contributed by atoms with Gasteiger partial charge in [0.1, 0.15) is 0 Å². The number of hydrogen-bond acceptors (Lipinski definition) is 0. The molecule has 3 heterocycles. The second-order valence-electron chi connectivity index (χ2n) is 13.4. The molecule has 0 aliphatic heterocycles. The zero-order chi connectivity index (χ0) is 33.5. The maximum atomic E-state index is 2.46. The molecule has 3 heteroatoms. The van der Waals surface area contributed by atoms with Crippen LogP contribution in [0.1, 0.15) is 0 Å². The van der Waals surface area contributed by atoms with E-state index in [1.54, 1.807) is 0 Å². The van der Waals surface area contributed by atoms with Gasteiger partial charge < -0.3 is 13.7 Å². The summed E-state index contributed by atoms with van der Waals surface area (Å²) in [6.07, 6.45) is 0. The van der Waals surface area contributed by atoms with E-state index in [4.69, 9.17) is 0 Å². The fourth-order valence-corrected chi connectivity index (χ4v) is 8.48. The Hall–Kier alpha value is -6.84. The Kier molecular flexibility index (Phi) is 5.96. The molecule has 0 aliphatic rings. The first kappa shape index (κ1) is 28.0. The van der Waals surface area contributed by atoms with Crippen LogP contribution in [0.4, 0.5) is 0 Å². The van der Waals surface area contributed by atoms with Crippen molar-refractivity contribution < 1.29 is 0 Å². The van der Waals surface area contributed by atoms with Gasteiger partial charge in [0, 0.05) is 49.4 Å². The highest BCUT2D eigenvalue weighted by Crippen LogP contribution is 2.43. The summed E-state index contributed by atoms with van der Waals surface area (Å²) in [7, 11) is 0. The van der Waals surface area contributed by atoms with E-state index in [1.807, 2.05) is 0 Å². The van der Waals surface area contributed by atoms with Gasteiger partial charge in [-0.3, -0.25) is 0 Å². The molecule has 0 bridgehead atoms. The first-order chi connectivity index (χ1) is 25.3. The van der Waals surface area contributed by atoms with Crippen LogP contribution in [0, 0.1) is 0 Å². The van der Waals surface area contributed by atoms with Crippen LogP contribution in [0.15, 0.2) is 188 Å². The van der Waals surface area contributed by atoms with E-state index in [-0.39, 0.29) is 0 Å². The van der Waals surface area contributed by atoms with Crippen LogP contribution in [0.25, 0.3) is 93.6 Å². The number of hydrogen-bond donors (Lipinski definition) is 0. The summed E-state index contributed by atoms with van der Waals surface area (Å²) in [5, 5.41) is 7.57. The summed E-state index contributed by atoms with van der Waals surface area (Å²) in [5.74, 6) is 0. The Labute approximate surface area is 294 Å². The number of fused-ring (bicyclic) bond motifs is 10. The van der Waals surface area contributed by atoms with E-state index >= 15 is 0 Å². The van der Waals surface area contributed by atoms with Gasteiger partial charge in [0.2, 0.25) is 0 Å². The first-order valence-corrected chi connectivity index (χ1v) is 17.5. The molecule has 0 unspecified atom stereocenters. The normalized spacial score (nSPS) is 11.9. The number of benzene rings is 8. The van der Waals surface area contributed by atoms with Gasteiger partial charge in [0.05, 0.1) is 33.1 Å². The molecular weight excluding hydrogens is 619 g/mol. The van der Waals surface area contributed by atoms with Gasteiger partial charge in [-0.1, -0.05) is 115 Å². The molecule has 0 amide bonds. The van der Waals surface area contributed by atoms with Gasteiger partial charge >= 0.3 is 0 Å². The van der Waals surface area contributed by atoms with E-state index in [0.717, 1.165) is 11.4 Å². The van der Waals surface area contributed by atoms with E-state index in [2.05, 4.69) is 202 Å². The van der Waals surface area contributed by atoms with Crippen LogP contribution in [-0.4, -0.2) is 13.7 Å². The van der Waals surface area contributed by atoms with Gasteiger partial charge in [-0.05, 0) is 83.9 Å². The second-order valence-corrected chi connectivity index (χ2v) is 13.4. The molecule has 0 N–H and O–H groups in total. The van der Waals surface area contributed by atoms with E-state index in [9.17, 15) is 0 Å². The fraction of sp³-hybridized carbons (Fsp3) is 0. The fourth-order valence-electron chi connectivity index (χ4n) is 8.48. The summed E-state index contributed by atoms with van der Waals surface area (Å²) >= 11 is 0. The Morgan fingerprint density at radius 3 is 1.31 bits per heavy atom. The smallest absolute Gasteiger partial charge is 0.0548 e. The molecule has 11 aromatic rings. The number of rotatable bonds is 4. The van der Waals surface area contributed by atoms with E-state index < -0.39 is 0 Å². The predicted molar refractivity (Wildman–Crippen MR) is 215 cm³/mol. The lowest BCUT2D eigenvalue weighted by molar-refractivity contribution is 1.16. The standard InChI is InChI=1S/C48H31N3/c1-3-14-32(15-4-1)33-16-13-19-35(30-33)50-42-24-11-8-21-38(42)47-45(50)28-29-46-48(47)39-22-9-12-25-43(39)51(46)36-26-27-44-40(31-36)37-20-7-10-23-41(37)49(44)34-17-5-2-6-18-34/h1-31H. The van der Waals surface area contributed by atoms with Crippen molar-refractivity contribution in [2.24, 2.45) is 0 Å². The average Bonchev–Trinajstić information content (AvgIpc) is 3.84. The zero-order valence-corrected chi connectivity index (χ0v) is 27.7. The molecule has 0 atom stereocenters. The van der Waals surface area contributed by atoms with Crippen LogP contribution in [0.3, 0.4) is 0 Å². The molecular formula is C48H31N3. The third-order valence-corrected chi connectivity index (χ3v) is 10.6. The Balaban J connectivity index is 1.20. The lowest BCUT2D eigenvalue weighted by Crippen LogP contribution is -1.96. The second kappa shape index (κ2) is 10.8. The number of aromatic nitrogens is 3. The molecule has 0 spiro atoms. The van der Waals surface area contributed by atoms with Crippen molar-refractivity contribution in [3.05, 3.63) is 188 Å². The van der Waals surface area contributed by atoms with Crippen LogP contribution in [0.5, 0.6) is 0 Å². The quantitative estimate of drug-likeness (QED) is 0.180. The van der Waals surface area contributed by atoms with Crippen LogP contribution in [-0.2, 0) is 0 Å². The van der Waals surface area contributed by atoms with Crippen molar-refractivity contribution in [3.63, 3.8) is 0 Å². The van der Waals surface area contributed by atoms with Gasteiger partial charge in [0.25, 0.3) is 0 Å². The Morgan fingerprint density at radius 1 is 0.235 bits per heavy atom. The summed E-state index contributed by atoms with van der Waals surface area (Å²) < 4.78 is 7.28. The highest BCUT2D eigenvalue weighted by atomic mass is 15.0. The van der Waals surface area contributed by atoms with Crippen LogP contribution < -0.4 is 0 Å². The zero-order valence-electron chi connectivity index (χ0n) is 27.7. The van der Waals surface area contributed by atoms with Crippen molar-refractivity contribution in [2.45, 2.75) is 0 Å². The largest absolute Gasteiger partial charge is 0.309 e. The first-order valence-electron chi connectivity index (χ1n) is 17.5. The van der Waals surface area contributed by atoms with E-state index in [0.29, 0.717) is 0 Å². The molecule has 0 radical (unpaired) electrons. The molecule has 11 rings (SSSR count). The molecule has 3 aromatic heterocycles. The highest BCUT2D eigenvalue weighted by molar-refractivity contribution is 6.29. The topological polar surface area (TPSA) is 14.8 Å². The third-order valence-electron chi connectivity index (χ3n) is 10.6. The van der Waals surface area contributed by atoms with Crippen molar-refractivity contribution in [3.8, 4) is 28.2 Å². The van der Waals surface area contributed by atoms with E-state index in [1.165, 1.54) is 82.2 Å². The van der Waals surface area contributed by atoms with Crippen molar-refractivity contribution in [1.82, 2.24) is 13.7 Å². The monoisotopic (exact) mass is 649 g/mol. The average molecular weight is 650 g/mol. The Bertz CT molecular complexity index is 3120. The molecule has 3 nitrogen and oxygen atoms in total. The lowest BCUT2D eigenvalue weighted by Gasteiger charge is -2.11. The minimum Gasteiger partial charge on any atom is -0.309 e. The van der Waals surface area contributed by atoms with Gasteiger partial charge in [0.15, 0.2) is 0 Å². The number of para-hydroxylation sites is 4. The highest BCUT2D eigenvalue weighted by Gasteiger charge is 2.21. The summed E-state index contributed by atoms with van der Waals surface area (Å²) in [6, 6.07) is 68.3. The molecule has 238 valence electrons. The van der Waals surface area contributed by atoms with Crippen LogP contribution >= 0.6 is 0 Å². The lowest BCUT2D eigenvalue weighted by atomic mass is 10.0. The molecule has 0 fully saturated rings. The molecule has 8 aromatic carbocycles. The molecule has 51 heavy (non-hydrogen) atoms. The van der Waals surface area contributed by atoms with Gasteiger partial charge in [-0.2, -0.15) is 0 Å². The predicted octanol–water partition coefficient (Wildman–Crippen LogP) is 12.6. The third kappa shape index (κ3) is 4.06. The molecule has 0 aliphatic carbocycles. The van der Waals surface area contributed by atoms with Crippen LogP contribution in [0.2, 0.25) is 0 Å². The SMILES string of the molecule is c1ccc(-c2cccc(-n3c4ccccc4c4c5c6ccccc6n(-c6ccc7c(c6)c6ccccc6n7-c6ccccc6)c5ccc43)c2)cc1. The molecule has 0 saturated carbocycles. The van der Waals surface area contributed by atoms with Crippen molar-refractivity contribution in [2.75, 3.05) is 0 Å². The van der Waals surface area contributed by atoms with Gasteiger partial charge in [-0.15, -0.1) is 0 Å². The molecule has 0 saturated heterocycles.